The Balaban J connectivity index is 3.86. The predicted octanol–water partition coefficient (Wildman–Crippen LogP) is 0.954. The van der Waals surface area contributed by atoms with Crippen molar-refractivity contribution in [3.05, 3.63) is 0 Å². The number of methoxy groups -OCH3 is 1. The topological polar surface area (TPSA) is 69.4 Å². The second-order valence-electron chi connectivity index (χ2n) is 3.72. The molecule has 0 spiro atoms. The molecule has 0 fully saturated rings. The molecule has 0 aromatic rings. The summed E-state index contributed by atoms with van der Waals surface area (Å²) in [6.45, 7) is 3.68. The lowest BCUT2D eigenvalue weighted by atomic mass is 10.1. The predicted molar refractivity (Wildman–Crippen MR) is 62.6 cm³/mol. The molecule has 4 nitrogen and oxygen atoms in total. The van der Waals surface area contributed by atoms with Gasteiger partial charge >= 0.3 is 0 Å². The van der Waals surface area contributed by atoms with E-state index in [0.717, 1.165) is 6.42 Å². The van der Waals surface area contributed by atoms with Crippen LogP contribution in [0.15, 0.2) is 0 Å². The van der Waals surface area contributed by atoms with Gasteiger partial charge in [0.1, 0.15) is 9.84 Å². The zero-order valence-corrected chi connectivity index (χ0v) is 10.7. The van der Waals surface area contributed by atoms with E-state index in [1.807, 2.05) is 6.92 Å². The highest BCUT2D eigenvalue weighted by molar-refractivity contribution is 7.91. The van der Waals surface area contributed by atoms with Gasteiger partial charge in [0, 0.05) is 18.9 Å². The van der Waals surface area contributed by atoms with Crippen LogP contribution < -0.4 is 5.73 Å². The lowest BCUT2D eigenvalue weighted by Crippen LogP contribution is -2.36. The Morgan fingerprint density at radius 1 is 1.33 bits per heavy atom. The fraction of sp³-hybridized carbons (Fsp3) is 1.00. The minimum atomic E-state index is -2.85. The summed E-state index contributed by atoms with van der Waals surface area (Å²) in [5.41, 5.74) is 5.89. The average Bonchev–Trinajstić information content (AvgIpc) is 2.19. The molecule has 0 radical (unpaired) electrons. The van der Waals surface area contributed by atoms with E-state index in [9.17, 15) is 8.42 Å². The first-order valence-electron chi connectivity index (χ1n) is 5.45. The Morgan fingerprint density at radius 2 is 1.93 bits per heavy atom. The summed E-state index contributed by atoms with van der Waals surface area (Å²) >= 11 is 0. The summed E-state index contributed by atoms with van der Waals surface area (Å²) in [5.74, 6) is 0.446. The molecule has 0 aliphatic rings. The van der Waals surface area contributed by atoms with E-state index in [0.29, 0.717) is 12.8 Å². The maximum absolute atomic E-state index is 11.2. The first kappa shape index (κ1) is 14.9. The van der Waals surface area contributed by atoms with Crippen molar-refractivity contribution in [3.63, 3.8) is 0 Å². The summed E-state index contributed by atoms with van der Waals surface area (Å²) in [5, 5.41) is 0. The molecule has 0 aromatic carbocycles. The smallest absolute Gasteiger partial charge is 0.150 e. The first-order chi connectivity index (χ1) is 6.96. The van der Waals surface area contributed by atoms with Gasteiger partial charge in [0.25, 0.3) is 0 Å². The molecule has 0 heterocycles. The molecule has 0 saturated heterocycles. The monoisotopic (exact) mass is 237 g/mol. The van der Waals surface area contributed by atoms with E-state index in [2.05, 4.69) is 0 Å². The molecule has 0 aliphatic carbocycles. The molecule has 0 aromatic heterocycles. The van der Waals surface area contributed by atoms with E-state index in [4.69, 9.17) is 10.5 Å². The van der Waals surface area contributed by atoms with Gasteiger partial charge < -0.3 is 10.5 Å². The van der Waals surface area contributed by atoms with Crippen LogP contribution in [0, 0.1) is 0 Å². The Kier molecular flexibility index (Phi) is 7.13. The van der Waals surface area contributed by atoms with Gasteiger partial charge in [0.15, 0.2) is 0 Å². The van der Waals surface area contributed by atoms with Crippen LogP contribution in [0.5, 0.6) is 0 Å². The number of nitrogens with two attached hydrogens (primary N) is 1. The Morgan fingerprint density at radius 3 is 2.33 bits per heavy atom. The Bertz CT molecular complexity index is 247. The summed E-state index contributed by atoms with van der Waals surface area (Å²) in [6, 6.07) is -0.0629. The van der Waals surface area contributed by atoms with Crippen LogP contribution in [0.2, 0.25) is 0 Å². The standard InChI is InChI=1S/C10H23NO3S/c1-4-10(14-3)9(11)7-6-8-15(12,13)5-2/h9-10H,4-8,11H2,1-3H3. The lowest BCUT2D eigenvalue weighted by Gasteiger charge is -2.20. The van der Waals surface area contributed by atoms with Crippen molar-refractivity contribution in [2.24, 2.45) is 5.73 Å². The number of hydrogen-bond donors (Lipinski definition) is 1. The lowest BCUT2D eigenvalue weighted by molar-refractivity contribution is 0.0746. The Labute approximate surface area is 93.1 Å². The number of ether oxygens (including phenoxy) is 1. The summed E-state index contributed by atoms with van der Waals surface area (Å²) in [7, 11) is -1.21. The highest BCUT2D eigenvalue weighted by Crippen LogP contribution is 2.08. The highest BCUT2D eigenvalue weighted by atomic mass is 32.2. The molecule has 92 valence electrons. The average molecular weight is 237 g/mol. The molecule has 0 saturated carbocycles. The summed E-state index contributed by atoms with van der Waals surface area (Å²) < 4.78 is 27.6. The second-order valence-corrected chi connectivity index (χ2v) is 6.20. The minimum Gasteiger partial charge on any atom is -0.380 e. The van der Waals surface area contributed by atoms with Crippen molar-refractivity contribution in [1.82, 2.24) is 0 Å². The molecule has 5 heteroatoms. The summed E-state index contributed by atoms with van der Waals surface area (Å²) in [6.07, 6.45) is 2.22. The van der Waals surface area contributed by atoms with Gasteiger partial charge in [-0.2, -0.15) is 0 Å². The van der Waals surface area contributed by atoms with E-state index < -0.39 is 9.84 Å². The highest BCUT2D eigenvalue weighted by Gasteiger charge is 2.16. The number of sulfone groups is 1. The number of rotatable bonds is 8. The molecule has 0 rings (SSSR count). The van der Waals surface area contributed by atoms with Crippen LogP contribution in [0.25, 0.3) is 0 Å². The van der Waals surface area contributed by atoms with Gasteiger partial charge in [-0.25, -0.2) is 8.42 Å². The van der Waals surface area contributed by atoms with Crippen LogP contribution in [0.4, 0.5) is 0 Å². The van der Waals surface area contributed by atoms with Gasteiger partial charge in [-0.1, -0.05) is 13.8 Å². The van der Waals surface area contributed by atoms with Crippen LogP contribution in [0.1, 0.15) is 33.1 Å². The van der Waals surface area contributed by atoms with Gasteiger partial charge in [0.05, 0.1) is 11.9 Å². The largest absolute Gasteiger partial charge is 0.380 e. The van der Waals surface area contributed by atoms with Crippen molar-refractivity contribution in [1.29, 1.82) is 0 Å². The van der Waals surface area contributed by atoms with Crippen LogP contribution in [-0.2, 0) is 14.6 Å². The Hall–Kier alpha value is -0.130. The molecular weight excluding hydrogens is 214 g/mol. The maximum atomic E-state index is 11.2. The van der Waals surface area contributed by atoms with Crippen LogP contribution >= 0.6 is 0 Å². The van der Waals surface area contributed by atoms with Crippen molar-refractivity contribution >= 4 is 9.84 Å². The molecule has 0 bridgehead atoms. The van der Waals surface area contributed by atoms with Crippen LogP contribution in [0.3, 0.4) is 0 Å². The second kappa shape index (κ2) is 7.19. The van der Waals surface area contributed by atoms with Crippen LogP contribution in [-0.4, -0.2) is 39.2 Å². The molecule has 0 amide bonds. The fourth-order valence-electron chi connectivity index (χ4n) is 1.51. The SMILES string of the molecule is CCC(OC)C(N)CCCS(=O)(=O)CC. The first-order valence-corrected chi connectivity index (χ1v) is 7.27. The molecule has 2 N–H and O–H groups in total. The van der Waals surface area contributed by atoms with E-state index in [-0.39, 0.29) is 23.7 Å². The quantitative estimate of drug-likeness (QED) is 0.682. The van der Waals surface area contributed by atoms with E-state index in [1.165, 1.54) is 0 Å². The minimum absolute atomic E-state index is 0.0364. The zero-order chi connectivity index (χ0) is 11.9. The third kappa shape index (κ3) is 6.12. The zero-order valence-electron chi connectivity index (χ0n) is 9.90. The van der Waals surface area contributed by atoms with Crippen molar-refractivity contribution in [2.45, 2.75) is 45.3 Å². The molecule has 15 heavy (non-hydrogen) atoms. The van der Waals surface area contributed by atoms with Gasteiger partial charge in [-0.05, 0) is 19.3 Å². The van der Waals surface area contributed by atoms with Gasteiger partial charge in [0.2, 0.25) is 0 Å². The van der Waals surface area contributed by atoms with Gasteiger partial charge in [-0.15, -0.1) is 0 Å². The number of hydrogen-bond acceptors (Lipinski definition) is 4. The molecular formula is C10H23NO3S. The summed E-state index contributed by atoms with van der Waals surface area (Å²) in [4.78, 5) is 0. The van der Waals surface area contributed by atoms with Gasteiger partial charge in [-0.3, -0.25) is 0 Å². The third-order valence-electron chi connectivity index (χ3n) is 2.62. The van der Waals surface area contributed by atoms with Crippen molar-refractivity contribution < 1.29 is 13.2 Å². The normalized spacial score (nSPS) is 16.3. The van der Waals surface area contributed by atoms with Crippen molar-refractivity contribution in [3.8, 4) is 0 Å². The fourth-order valence-corrected chi connectivity index (χ4v) is 2.41. The van der Waals surface area contributed by atoms with E-state index in [1.54, 1.807) is 14.0 Å². The molecule has 2 atom stereocenters. The molecule has 2 unspecified atom stereocenters. The van der Waals surface area contributed by atoms with E-state index >= 15 is 0 Å². The maximum Gasteiger partial charge on any atom is 0.150 e. The molecule has 0 aliphatic heterocycles. The van der Waals surface area contributed by atoms with Crippen molar-refractivity contribution in [2.75, 3.05) is 18.6 Å². The third-order valence-corrected chi connectivity index (χ3v) is 4.41.